The lowest BCUT2D eigenvalue weighted by Crippen LogP contribution is -2.12. The van der Waals surface area contributed by atoms with Crippen molar-refractivity contribution in [3.05, 3.63) is 0 Å². The Hall–Kier alpha value is 0.130. The zero-order valence-electron chi connectivity index (χ0n) is 6.78. The average molecular weight is 110 g/mol. The Balaban J connectivity index is 3.39. The Labute approximate surface area is 54.7 Å². The highest BCUT2D eigenvalue weighted by Gasteiger charge is 2.13. The molecule has 0 amide bonds. The molecule has 1 atom stereocenters. The lowest BCUT2D eigenvalue weighted by Gasteiger charge is -2.18. The van der Waals surface area contributed by atoms with Crippen molar-refractivity contribution in [1.29, 1.82) is 0 Å². The molecule has 0 aromatic heterocycles. The first-order valence-corrected chi connectivity index (χ1v) is 3.42. The zero-order valence-corrected chi connectivity index (χ0v) is 6.78. The predicted octanol–water partition coefficient (Wildman–Crippen LogP) is 1.04. The van der Waals surface area contributed by atoms with Gasteiger partial charge in [0.1, 0.15) is 7.28 Å². The van der Waals surface area contributed by atoms with Gasteiger partial charge < -0.3 is 0 Å². The van der Waals surface area contributed by atoms with Gasteiger partial charge in [-0.1, -0.05) is 38.7 Å². The van der Waals surface area contributed by atoms with Gasteiger partial charge in [-0.2, -0.15) is 0 Å². The van der Waals surface area contributed by atoms with Gasteiger partial charge in [0.15, 0.2) is 0 Å². The van der Waals surface area contributed by atoms with Crippen LogP contribution in [0, 0.1) is 0 Å². The molecule has 1 unspecified atom stereocenters. The van der Waals surface area contributed by atoms with Gasteiger partial charge >= 0.3 is 0 Å². The van der Waals surface area contributed by atoms with Crippen molar-refractivity contribution in [2.24, 2.45) is 0 Å². The van der Waals surface area contributed by atoms with E-state index in [9.17, 15) is 0 Å². The van der Waals surface area contributed by atoms with Crippen LogP contribution in [0.2, 0.25) is 11.0 Å². The Morgan fingerprint density at radius 1 is 1.38 bits per heavy atom. The van der Waals surface area contributed by atoms with E-state index < -0.39 is 0 Å². The van der Waals surface area contributed by atoms with E-state index in [2.05, 4.69) is 35.5 Å². The van der Waals surface area contributed by atoms with Gasteiger partial charge in [-0.05, 0) is 0 Å². The topological polar surface area (TPSA) is 0 Å². The summed E-state index contributed by atoms with van der Waals surface area (Å²) in [5.41, 5.74) is 0.843. The van der Waals surface area contributed by atoms with Crippen LogP contribution < -0.4 is 0 Å². The van der Waals surface area contributed by atoms with Crippen molar-refractivity contribution in [3.8, 4) is 0 Å². The summed E-state index contributed by atoms with van der Waals surface area (Å²) in [7, 11) is 3.60. The van der Waals surface area contributed by atoms with E-state index in [1.54, 1.807) is 0 Å². The van der Waals surface area contributed by atoms with Crippen LogP contribution in [0.15, 0.2) is 0 Å². The summed E-state index contributed by atoms with van der Waals surface area (Å²) in [6.07, 6.45) is 0. The molecule has 0 N–H and O–H groups in total. The molecule has 0 nitrogen and oxygen atoms in total. The van der Waals surface area contributed by atoms with Gasteiger partial charge in [0, 0.05) is 0 Å². The number of hydrogen-bond acceptors (Lipinski definition) is 0. The molecule has 0 bridgehead atoms. The Morgan fingerprint density at radius 2 is 1.75 bits per heavy atom. The van der Waals surface area contributed by atoms with Crippen LogP contribution in [-0.4, -0.2) is 15.1 Å². The van der Waals surface area contributed by atoms with Gasteiger partial charge in [-0.15, -0.1) is 0 Å². The molecule has 0 aliphatic carbocycles. The first-order chi connectivity index (χ1) is 3.42. The van der Waals surface area contributed by atoms with Gasteiger partial charge in [0.05, 0.1) is 7.85 Å². The summed E-state index contributed by atoms with van der Waals surface area (Å²) in [5, 5.41) is 0.522. The second-order valence-electron chi connectivity index (χ2n) is 4.16. The third kappa shape index (κ3) is 6.13. The van der Waals surface area contributed by atoms with Crippen LogP contribution >= 0.6 is 0 Å². The van der Waals surface area contributed by atoms with E-state index in [1.165, 1.54) is 7.28 Å². The summed E-state index contributed by atoms with van der Waals surface area (Å²) < 4.78 is 0. The first kappa shape index (κ1) is 8.13. The fourth-order valence-corrected chi connectivity index (χ4v) is 1.22. The van der Waals surface area contributed by atoms with E-state index in [-0.39, 0.29) is 0 Å². The maximum absolute atomic E-state index is 2.28. The van der Waals surface area contributed by atoms with Gasteiger partial charge in [-0.3, -0.25) is 0 Å². The van der Waals surface area contributed by atoms with E-state index >= 15 is 0 Å². The molecule has 0 rings (SSSR count). The predicted molar refractivity (Wildman–Crippen MR) is 44.8 cm³/mol. The van der Waals surface area contributed by atoms with Crippen LogP contribution in [0.4, 0.5) is 0 Å². The third-order valence-electron chi connectivity index (χ3n) is 1.02. The molecule has 0 aromatic rings. The lowest BCUT2D eigenvalue weighted by atomic mass is 9.43. The second kappa shape index (κ2) is 2.61. The van der Waals surface area contributed by atoms with E-state index in [0.29, 0.717) is 5.31 Å². The van der Waals surface area contributed by atoms with E-state index in [0.717, 1.165) is 5.72 Å². The van der Waals surface area contributed by atoms with E-state index in [4.69, 9.17) is 0 Å². The van der Waals surface area contributed by atoms with Crippen molar-refractivity contribution >= 4 is 15.1 Å². The smallest absolute Gasteiger partial charge is 0.0950 e. The van der Waals surface area contributed by atoms with Gasteiger partial charge in [-0.25, -0.2) is 0 Å². The molecule has 0 aliphatic rings. The molecule has 0 radical (unpaired) electrons. The van der Waals surface area contributed by atoms with Crippen LogP contribution in [0.1, 0.15) is 27.7 Å². The monoisotopic (exact) mass is 110 g/mol. The SMILES string of the molecule is BC(C)BC(C)(C)C. The van der Waals surface area contributed by atoms with Crippen LogP contribution in [0.5, 0.6) is 0 Å². The minimum atomic E-state index is 0.522. The molecule has 0 heterocycles. The van der Waals surface area contributed by atoms with Gasteiger partial charge in [0.25, 0.3) is 0 Å². The second-order valence-corrected chi connectivity index (χ2v) is 4.16. The Bertz CT molecular complexity index is 61.4. The Morgan fingerprint density at radius 3 is 1.75 bits per heavy atom. The summed E-state index contributed by atoms with van der Waals surface area (Å²) >= 11 is 0. The molecular formula is C6H16B2. The molecule has 0 aliphatic heterocycles. The molecule has 0 fully saturated rings. The standard InChI is InChI=1S/C6H16B2/c1-5(7)8-6(2,3)4/h5,8H,7H2,1-4H3. The van der Waals surface area contributed by atoms with Crippen molar-refractivity contribution in [2.75, 3.05) is 0 Å². The average Bonchev–Trinajstić information content (AvgIpc) is 1.21. The summed E-state index contributed by atoms with van der Waals surface area (Å²) in [4.78, 5) is 0. The maximum Gasteiger partial charge on any atom is 0.122 e. The van der Waals surface area contributed by atoms with Crippen molar-refractivity contribution in [1.82, 2.24) is 0 Å². The lowest BCUT2D eigenvalue weighted by molar-refractivity contribution is 0.747. The highest BCUT2D eigenvalue weighted by Crippen LogP contribution is 2.23. The van der Waals surface area contributed by atoms with Crippen LogP contribution in [0.3, 0.4) is 0 Å². The third-order valence-corrected chi connectivity index (χ3v) is 1.02. The largest absolute Gasteiger partial charge is 0.122 e. The van der Waals surface area contributed by atoms with Crippen LogP contribution in [0.25, 0.3) is 0 Å². The van der Waals surface area contributed by atoms with E-state index in [1.807, 2.05) is 0 Å². The van der Waals surface area contributed by atoms with Crippen molar-refractivity contribution < 1.29 is 0 Å². The molecule has 2 heteroatoms. The first-order valence-electron chi connectivity index (χ1n) is 3.42. The Kier molecular flexibility index (Phi) is 2.65. The molecule has 8 heavy (non-hydrogen) atoms. The molecule has 0 saturated carbocycles. The number of hydrogen-bond donors (Lipinski definition) is 0. The highest BCUT2D eigenvalue weighted by molar-refractivity contribution is 6.52. The summed E-state index contributed by atoms with van der Waals surface area (Å²) in [5.74, 6) is 0. The molecular weight excluding hydrogens is 93.7 g/mol. The van der Waals surface area contributed by atoms with Gasteiger partial charge in [0.2, 0.25) is 0 Å². The zero-order chi connectivity index (χ0) is 6.78. The summed E-state index contributed by atoms with van der Waals surface area (Å²) in [6.45, 7) is 9.12. The normalized spacial score (nSPS) is 15.5. The molecule has 0 spiro atoms. The quantitative estimate of drug-likeness (QED) is 0.442. The minimum Gasteiger partial charge on any atom is -0.0950 e. The van der Waals surface area contributed by atoms with Crippen LogP contribution in [-0.2, 0) is 0 Å². The highest BCUT2D eigenvalue weighted by atomic mass is 14.0. The number of rotatable bonds is 1. The molecule has 0 aromatic carbocycles. The summed E-state index contributed by atoms with van der Waals surface area (Å²) in [6, 6.07) is 0. The molecule has 46 valence electrons. The minimum absolute atomic E-state index is 0.522. The maximum atomic E-state index is 2.28. The fraction of sp³-hybridized carbons (Fsp3) is 1.00. The van der Waals surface area contributed by atoms with Crippen molar-refractivity contribution in [3.63, 3.8) is 0 Å². The van der Waals surface area contributed by atoms with Crippen molar-refractivity contribution in [2.45, 2.75) is 38.7 Å². The molecule has 0 saturated heterocycles. The fourth-order valence-electron chi connectivity index (χ4n) is 1.22.